The number of carbonyl (C=O) groups is 1. The Balaban J connectivity index is 0.00000121. The maximum absolute atomic E-state index is 12.5. The molecule has 1 atom stereocenters. The van der Waals surface area contributed by atoms with Crippen LogP contribution in [0.25, 0.3) is 0 Å². The highest BCUT2D eigenvalue weighted by molar-refractivity contribution is 6.31. The molecule has 2 aliphatic rings. The standard InChI is InChI=1S/C21H26ClF3O3.2C2H6/c22-18-5-4-16(28-21(23,24)25)12-17(18)15-7-10-20(11-8-15)9-6-14(13-20)2-1-3-19(26)27;2*1-2/h4-5,12,14-15H,1-3,6-11,13H2,(H,26,27);2*1-2H3. The van der Waals surface area contributed by atoms with Crippen LogP contribution in [0.5, 0.6) is 5.75 Å². The highest BCUT2D eigenvalue weighted by atomic mass is 35.5. The summed E-state index contributed by atoms with van der Waals surface area (Å²) in [6.07, 6.45) is 4.63. The van der Waals surface area contributed by atoms with Gasteiger partial charge in [-0.15, -0.1) is 13.2 Å². The van der Waals surface area contributed by atoms with E-state index < -0.39 is 12.3 Å². The molecule has 32 heavy (non-hydrogen) atoms. The summed E-state index contributed by atoms with van der Waals surface area (Å²) in [5.41, 5.74) is 1.06. The van der Waals surface area contributed by atoms with Crippen molar-refractivity contribution in [2.75, 3.05) is 0 Å². The Bertz CT molecular complexity index is 698. The molecule has 2 aliphatic carbocycles. The van der Waals surface area contributed by atoms with E-state index in [0.29, 0.717) is 16.4 Å². The summed E-state index contributed by atoms with van der Waals surface area (Å²) in [6, 6.07) is 4.17. The van der Waals surface area contributed by atoms with Crippen molar-refractivity contribution in [2.45, 2.75) is 104 Å². The molecular formula is C25H38ClF3O3. The van der Waals surface area contributed by atoms with Crippen LogP contribution in [0.2, 0.25) is 5.02 Å². The molecule has 2 fully saturated rings. The fourth-order valence-electron chi connectivity index (χ4n) is 5.14. The van der Waals surface area contributed by atoms with Gasteiger partial charge < -0.3 is 9.84 Å². The van der Waals surface area contributed by atoms with Crippen LogP contribution in [-0.2, 0) is 4.79 Å². The van der Waals surface area contributed by atoms with E-state index in [1.54, 1.807) is 0 Å². The van der Waals surface area contributed by atoms with Crippen molar-refractivity contribution < 1.29 is 27.8 Å². The number of carboxylic acid groups (broad SMARTS) is 1. The zero-order valence-electron chi connectivity index (χ0n) is 19.7. The van der Waals surface area contributed by atoms with Gasteiger partial charge in [0.1, 0.15) is 5.75 Å². The van der Waals surface area contributed by atoms with Crippen LogP contribution >= 0.6 is 11.6 Å². The van der Waals surface area contributed by atoms with Gasteiger partial charge in [0.15, 0.2) is 0 Å². The van der Waals surface area contributed by atoms with Gasteiger partial charge in [-0.1, -0.05) is 39.3 Å². The van der Waals surface area contributed by atoms with E-state index in [-0.39, 0.29) is 18.1 Å². The van der Waals surface area contributed by atoms with Gasteiger partial charge in [-0.05, 0) is 98.8 Å². The largest absolute Gasteiger partial charge is 0.573 e. The molecule has 3 nitrogen and oxygen atoms in total. The van der Waals surface area contributed by atoms with Gasteiger partial charge >= 0.3 is 12.3 Å². The van der Waals surface area contributed by atoms with Crippen LogP contribution in [0.4, 0.5) is 13.2 Å². The Hall–Kier alpha value is -1.43. The normalized spacial score (nSPS) is 24.8. The van der Waals surface area contributed by atoms with E-state index in [2.05, 4.69) is 4.74 Å². The van der Waals surface area contributed by atoms with Gasteiger partial charge in [-0.3, -0.25) is 4.79 Å². The second kappa shape index (κ2) is 13.3. The van der Waals surface area contributed by atoms with Crippen molar-refractivity contribution in [3.63, 3.8) is 0 Å². The lowest BCUT2D eigenvalue weighted by atomic mass is 9.67. The highest BCUT2D eigenvalue weighted by Crippen LogP contribution is 2.55. The Kier molecular flexibility index (Phi) is 11.9. The summed E-state index contributed by atoms with van der Waals surface area (Å²) in [7, 11) is 0. The number of ether oxygens (including phenoxy) is 1. The molecule has 0 bridgehead atoms. The summed E-state index contributed by atoms with van der Waals surface area (Å²) in [6.45, 7) is 8.00. The monoisotopic (exact) mass is 478 g/mol. The molecule has 1 spiro atoms. The number of carboxylic acids is 1. The van der Waals surface area contributed by atoms with Crippen LogP contribution in [0.15, 0.2) is 18.2 Å². The molecule has 1 aromatic carbocycles. The number of aliphatic carboxylic acids is 1. The van der Waals surface area contributed by atoms with Gasteiger partial charge in [0.25, 0.3) is 0 Å². The third kappa shape index (κ3) is 8.84. The number of rotatable bonds is 6. The summed E-state index contributed by atoms with van der Waals surface area (Å²) < 4.78 is 41.5. The third-order valence-electron chi connectivity index (χ3n) is 6.49. The minimum atomic E-state index is -4.71. The molecule has 0 radical (unpaired) electrons. The van der Waals surface area contributed by atoms with E-state index in [1.165, 1.54) is 24.6 Å². The first-order valence-electron chi connectivity index (χ1n) is 11.9. The Morgan fingerprint density at radius 1 is 1.12 bits per heavy atom. The van der Waals surface area contributed by atoms with E-state index in [9.17, 15) is 18.0 Å². The van der Waals surface area contributed by atoms with Crippen LogP contribution in [0, 0.1) is 11.3 Å². The topological polar surface area (TPSA) is 46.5 Å². The minimum Gasteiger partial charge on any atom is -0.481 e. The molecule has 0 aliphatic heterocycles. The smallest absolute Gasteiger partial charge is 0.481 e. The number of hydrogen-bond donors (Lipinski definition) is 1. The van der Waals surface area contributed by atoms with Gasteiger partial charge in [0.05, 0.1) is 0 Å². The Labute approximate surface area is 195 Å². The maximum atomic E-state index is 12.5. The summed E-state index contributed by atoms with van der Waals surface area (Å²) in [5, 5.41) is 9.28. The van der Waals surface area contributed by atoms with Crippen molar-refractivity contribution in [3.8, 4) is 5.75 Å². The van der Waals surface area contributed by atoms with Gasteiger partial charge in [-0.2, -0.15) is 0 Å². The Morgan fingerprint density at radius 2 is 1.72 bits per heavy atom. The molecule has 2 saturated carbocycles. The second-order valence-electron chi connectivity index (χ2n) is 8.40. The van der Waals surface area contributed by atoms with Crippen LogP contribution in [0.3, 0.4) is 0 Å². The second-order valence-corrected chi connectivity index (χ2v) is 8.81. The zero-order valence-corrected chi connectivity index (χ0v) is 20.5. The lowest BCUT2D eigenvalue weighted by Gasteiger charge is -2.38. The molecule has 0 aromatic heterocycles. The first-order valence-corrected chi connectivity index (χ1v) is 12.3. The lowest BCUT2D eigenvalue weighted by Crippen LogP contribution is -2.24. The number of hydrogen-bond acceptors (Lipinski definition) is 2. The van der Waals surface area contributed by atoms with E-state index in [1.807, 2.05) is 27.7 Å². The van der Waals surface area contributed by atoms with E-state index in [0.717, 1.165) is 56.9 Å². The van der Waals surface area contributed by atoms with Crippen LogP contribution < -0.4 is 4.74 Å². The first kappa shape index (κ1) is 28.6. The maximum Gasteiger partial charge on any atom is 0.573 e. The highest BCUT2D eigenvalue weighted by Gasteiger charge is 2.42. The molecule has 1 unspecified atom stereocenters. The van der Waals surface area contributed by atoms with Gasteiger partial charge in [0.2, 0.25) is 0 Å². The van der Waals surface area contributed by atoms with Crippen molar-refractivity contribution in [1.29, 1.82) is 0 Å². The van der Waals surface area contributed by atoms with Gasteiger partial charge in [-0.25, -0.2) is 0 Å². The number of alkyl halides is 3. The van der Waals surface area contributed by atoms with E-state index >= 15 is 0 Å². The minimum absolute atomic E-state index is 0.154. The van der Waals surface area contributed by atoms with Crippen molar-refractivity contribution in [2.24, 2.45) is 11.3 Å². The summed E-state index contributed by atoms with van der Waals surface area (Å²) >= 11 is 6.27. The lowest BCUT2D eigenvalue weighted by molar-refractivity contribution is -0.274. The molecule has 7 heteroatoms. The fraction of sp³-hybridized carbons (Fsp3) is 0.720. The average molecular weight is 479 g/mol. The average Bonchev–Trinajstić information content (AvgIpc) is 3.14. The zero-order chi connectivity index (χ0) is 24.4. The third-order valence-corrected chi connectivity index (χ3v) is 6.84. The van der Waals surface area contributed by atoms with Crippen molar-refractivity contribution >= 4 is 17.6 Å². The van der Waals surface area contributed by atoms with E-state index in [4.69, 9.17) is 16.7 Å². The first-order chi connectivity index (χ1) is 15.2. The van der Waals surface area contributed by atoms with Crippen LogP contribution in [-0.4, -0.2) is 17.4 Å². The molecule has 1 N–H and O–H groups in total. The molecular weight excluding hydrogens is 441 g/mol. The van der Waals surface area contributed by atoms with Crippen molar-refractivity contribution in [3.05, 3.63) is 28.8 Å². The molecule has 3 rings (SSSR count). The molecule has 0 amide bonds. The number of halogens is 4. The number of benzene rings is 1. The Morgan fingerprint density at radius 3 is 2.28 bits per heavy atom. The summed E-state index contributed by atoms with van der Waals surface area (Å²) in [5.74, 6) is -0.197. The fourth-order valence-corrected chi connectivity index (χ4v) is 5.41. The molecule has 0 heterocycles. The SMILES string of the molecule is CC.CC.O=C(O)CCCC1CCC2(CCC(c3cc(OC(F)(F)F)ccc3Cl)CC2)C1. The molecule has 184 valence electrons. The molecule has 1 aromatic rings. The quantitative estimate of drug-likeness (QED) is 0.443. The van der Waals surface area contributed by atoms with Gasteiger partial charge in [0, 0.05) is 11.4 Å². The predicted octanol–water partition coefficient (Wildman–Crippen LogP) is 8.99. The summed E-state index contributed by atoms with van der Waals surface area (Å²) in [4.78, 5) is 10.7. The van der Waals surface area contributed by atoms with Crippen LogP contribution in [0.1, 0.15) is 103 Å². The predicted molar refractivity (Wildman–Crippen MR) is 123 cm³/mol. The molecule has 0 saturated heterocycles. The van der Waals surface area contributed by atoms with Crippen molar-refractivity contribution in [1.82, 2.24) is 0 Å².